The zero-order chi connectivity index (χ0) is 23.0. The van der Waals surface area contributed by atoms with Crippen LogP contribution in [0.1, 0.15) is 29.3 Å². The Bertz CT molecular complexity index is 1010. The Labute approximate surface area is 183 Å². The molecule has 0 aliphatic carbocycles. The van der Waals surface area contributed by atoms with Crippen LogP contribution in [-0.2, 0) is 19.6 Å². The molecule has 1 atom stereocenters. The lowest BCUT2D eigenvalue weighted by atomic mass is 10.1. The van der Waals surface area contributed by atoms with Gasteiger partial charge in [0.15, 0.2) is 0 Å². The summed E-state index contributed by atoms with van der Waals surface area (Å²) in [5.74, 6) is -0.885. The van der Waals surface area contributed by atoms with Crippen LogP contribution in [0.15, 0.2) is 48.5 Å². The zero-order valence-electron chi connectivity index (χ0n) is 18.2. The van der Waals surface area contributed by atoms with Crippen LogP contribution in [0.25, 0.3) is 0 Å². The quantitative estimate of drug-likeness (QED) is 0.545. The van der Waals surface area contributed by atoms with E-state index in [1.165, 1.54) is 6.92 Å². The number of sulfonamides is 1. The summed E-state index contributed by atoms with van der Waals surface area (Å²) in [6.07, 6.45) is 1.71. The average molecular weight is 448 g/mol. The predicted octanol–water partition coefficient (Wildman–Crippen LogP) is 2.55. The molecule has 9 heteroatoms. The molecular formula is C22H29N3O5S. The van der Waals surface area contributed by atoms with Gasteiger partial charge in [0.05, 0.1) is 23.2 Å². The fourth-order valence-electron chi connectivity index (χ4n) is 3.04. The molecule has 2 aromatic carbocycles. The highest BCUT2D eigenvalue weighted by atomic mass is 32.2. The summed E-state index contributed by atoms with van der Waals surface area (Å²) in [6, 6.07) is 12.4. The Morgan fingerprint density at radius 1 is 1.10 bits per heavy atom. The number of amides is 2. The maximum Gasteiger partial charge on any atom is 0.253 e. The van der Waals surface area contributed by atoms with Crippen LogP contribution < -0.4 is 14.9 Å². The van der Waals surface area contributed by atoms with Crippen LogP contribution in [0.2, 0.25) is 0 Å². The summed E-state index contributed by atoms with van der Waals surface area (Å²) in [5.41, 5.74) is 1.96. The van der Waals surface area contributed by atoms with E-state index in [1.54, 1.807) is 55.6 Å². The van der Waals surface area contributed by atoms with Crippen molar-refractivity contribution in [2.45, 2.75) is 26.3 Å². The topological polar surface area (TPSA) is 105 Å². The van der Waals surface area contributed by atoms with Gasteiger partial charge in [-0.1, -0.05) is 29.8 Å². The predicted molar refractivity (Wildman–Crippen MR) is 122 cm³/mol. The highest BCUT2D eigenvalue weighted by molar-refractivity contribution is 7.92. The Kier molecular flexibility index (Phi) is 8.58. The number of nitrogens with one attached hydrogen (secondary N) is 2. The summed E-state index contributed by atoms with van der Waals surface area (Å²) >= 11 is 0. The van der Waals surface area contributed by atoms with Gasteiger partial charge in [-0.25, -0.2) is 8.42 Å². The highest BCUT2D eigenvalue weighted by Gasteiger charge is 2.29. The van der Waals surface area contributed by atoms with Gasteiger partial charge in [0.1, 0.15) is 6.04 Å². The molecule has 8 nitrogen and oxygen atoms in total. The van der Waals surface area contributed by atoms with Crippen LogP contribution in [-0.4, -0.2) is 52.8 Å². The molecule has 0 aromatic heterocycles. The summed E-state index contributed by atoms with van der Waals surface area (Å²) < 4.78 is 30.9. The molecule has 0 saturated heterocycles. The number of rotatable bonds is 10. The van der Waals surface area contributed by atoms with E-state index in [9.17, 15) is 18.0 Å². The van der Waals surface area contributed by atoms with E-state index in [-0.39, 0.29) is 5.91 Å². The SMILES string of the molecule is COCCCNC(=O)c1ccccc1NC(=O)C(C)N(c1ccc(C)cc1)S(C)(=O)=O. The molecule has 1 unspecified atom stereocenters. The molecule has 0 fully saturated rings. The minimum absolute atomic E-state index is 0.293. The maximum absolute atomic E-state index is 12.9. The lowest BCUT2D eigenvalue weighted by molar-refractivity contribution is -0.116. The number of carbonyl (C=O) groups excluding carboxylic acids is 2. The summed E-state index contributed by atoms with van der Waals surface area (Å²) in [6.45, 7) is 4.35. The minimum atomic E-state index is -3.73. The van der Waals surface area contributed by atoms with Crippen molar-refractivity contribution in [1.29, 1.82) is 0 Å². The summed E-state index contributed by atoms with van der Waals surface area (Å²) in [7, 11) is -2.14. The van der Waals surface area contributed by atoms with Gasteiger partial charge in [0.2, 0.25) is 15.9 Å². The highest BCUT2D eigenvalue weighted by Crippen LogP contribution is 2.23. The van der Waals surface area contributed by atoms with Crippen LogP contribution in [0.4, 0.5) is 11.4 Å². The number of para-hydroxylation sites is 1. The smallest absolute Gasteiger partial charge is 0.253 e. The van der Waals surface area contributed by atoms with E-state index >= 15 is 0 Å². The normalized spacial score (nSPS) is 12.1. The second-order valence-corrected chi connectivity index (χ2v) is 9.07. The van der Waals surface area contributed by atoms with Crippen molar-refractivity contribution in [2.24, 2.45) is 0 Å². The largest absolute Gasteiger partial charge is 0.385 e. The third kappa shape index (κ3) is 6.80. The minimum Gasteiger partial charge on any atom is -0.385 e. The molecule has 31 heavy (non-hydrogen) atoms. The fraction of sp³-hybridized carbons (Fsp3) is 0.364. The van der Waals surface area contributed by atoms with Gasteiger partial charge in [0, 0.05) is 20.3 Å². The van der Waals surface area contributed by atoms with Crippen LogP contribution >= 0.6 is 0 Å². The van der Waals surface area contributed by atoms with E-state index in [4.69, 9.17) is 4.74 Å². The number of methoxy groups -OCH3 is 1. The van der Waals surface area contributed by atoms with E-state index < -0.39 is 22.0 Å². The molecule has 0 aliphatic rings. The number of aryl methyl sites for hydroxylation is 1. The molecule has 2 amide bonds. The third-order valence-electron chi connectivity index (χ3n) is 4.62. The monoisotopic (exact) mass is 447 g/mol. The standard InChI is InChI=1S/C22H29N3O5S/c1-16-10-12-18(13-11-16)25(31(4,28)29)17(2)21(26)24-20-9-6-5-8-19(20)22(27)23-14-7-15-30-3/h5-6,8-13,17H,7,14-15H2,1-4H3,(H,23,27)(H,24,26). The number of nitrogens with zero attached hydrogens (tertiary/aromatic N) is 1. The lowest BCUT2D eigenvalue weighted by Crippen LogP contribution is -2.45. The molecule has 2 N–H and O–H groups in total. The number of hydrogen-bond donors (Lipinski definition) is 2. The molecule has 0 bridgehead atoms. The first-order chi connectivity index (χ1) is 14.6. The van der Waals surface area contributed by atoms with E-state index in [1.807, 2.05) is 6.92 Å². The van der Waals surface area contributed by atoms with Crippen molar-refractivity contribution < 1.29 is 22.7 Å². The first-order valence-electron chi connectivity index (χ1n) is 9.88. The van der Waals surface area contributed by atoms with E-state index in [2.05, 4.69) is 10.6 Å². The second-order valence-electron chi connectivity index (χ2n) is 7.21. The Morgan fingerprint density at radius 2 is 1.74 bits per heavy atom. The summed E-state index contributed by atoms with van der Waals surface area (Å²) in [5, 5.41) is 5.47. The van der Waals surface area contributed by atoms with Gasteiger partial charge in [-0.3, -0.25) is 13.9 Å². The fourth-order valence-corrected chi connectivity index (χ4v) is 4.22. The molecule has 2 aromatic rings. The first-order valence-corrected chi connectivity index (χ1v) is 11.7. The van der Waals surface area contributed by atoms with Gasteiger partial charge in [-0.2, -0.15) is 0 Å². The molecular weight excluding hydrogens is 418 g/mol. The van der Waals surface area contributed by atoms with E-state index in [0.717, 1.165) is 16.1 Å². The third-order valence-corrected chi connectivity index (χ3v) is 5.86. The zero-order valence-corrected chi connectivity index (χ0v) is 19.0. The van der Waals surface area contributed by atoms with E-state index in [0.29, 0.717) is 36.5 Å². The molecule has 0 radical (unpaired) electrons. The van der Waals surface area contributed by atoms with Crippen LogP contribution in [0.3, 0.4) is 0 Å². The second kappa shape index (κ2) is 10.9. The number of anilines is 2. The summed E-state index contributed by atoms with van der Waals surface area (Å²) in [4.78, 5) is 25.5. The van der Waals surface area contributed by atoms with Gasteiger partial charge in [-0.05, 0) is 44.5 Å². The van der Waals surface area contributed by atoms with Crippen molar-refractivity contribution in [3.05, 3.63) is 59.7 Å². The van der Waals surface area contributed by atoms with Gasteiger partial charge >= 0.3 is 0 Å². The van der Waals surface area contributed by atoms with Crippen molar-refractivity contribution in [1.82, 2.24) is 5.32 Å². The maximum atomic E-state index is 12.9. The molecule has 0 heterocycles. The van der Waals surface area contributed by atoms with Gasteiger partial charge < -0.3 is 15.4 Å². The molecule has 0 saturated carbocycles. The van der Waals surface area contributed by atoms with Gasteiger partial charge in [-0.15, -0.1) is 0 Å². The van der Waals surface area contributed by atoms with Crippen LogP contribution in [0, 0.1) is 6.92 Å². The van der Waals surface area contributed by atoms with Crippen molar-refractivity contribution in [3.8, 4) is 0 Å². The Morgan fingerprint density at radius 3 is 2.35 bits per heavy atom. The van der Waals surface area contributed by atoms with Crippen molar-refractivity contribution in [3.63, 3.8) is 0 Å². The van der Waals surface area contributed by atoms with Crippen LogP contribution in [0.5, 0.6) is 0 Å². The molecule has 0 spiro atoms. The molecule has 2 rings (SSSR count). The Hall–Kier alpha value is -2.91. The average Bonchev–Trinajstić information content (AvgIpc) is 2.72. The Balaban J connectivity index is 2.21. The number of carbonyl (C=O) groups is 2. The number of ether oxygens (including phenoxy) is 1. The van der Waals surface area contributed by atoms with Crippen molar-refractivity contribution >= 4 is 33.2 Å². The molecule has 0 aliphatic heterocycles. The van der Waals surface area contributed by atoms with Crippen molar-refractivity contribution in [2.75, 3.05) is 36.1 Å². The first kappa shape index (κ1) is 24.4. The van der Waals surface area contributed by atoms with Gasteiger partial charge in [0.25, 0.3) is 5.91 Å². The number of hydrogen-bond acceptors (Lipinski definition) is 5. The number of benzene rings is 2. The lowest BCUT2D eigenvalue weighted by Gasteiger charge is -2.28. The molecule has 168 valence electrons.